The molecule has 0 bridgehead atoms. The van der Waals surface area contributed by atoms with Crippen LogP contribution in [0.25, 0.3) is 10.9 Å². The summed E-state index contributed by atoms with van der Waals surface area (Å²) in [5.74, 6) is -0.801. The smallest absolute Gasteiger partial charge is 0.355 e. The summed E-state index contributed by atoms with van der Waals surface area (Å²) in [6.45, 7) is 3.72. The summed E-state index contributed by atoms with van der Waals surface area (Å²) in [6, 6.07) is 9.38. The molecule has 1 aromatic heterocycles. The molecule has 5 heteroatoms. The van der Waals surface area contributed by atoms with Gasteiger partial charge in [0, 0.05) is 16.9 Å². The van der Waals surface area contributed by atoms with Crippen molar-refractivity contribution in [3.05, 3.63) is 36.0 Å². The van der Waals surface area contributed by atoms with Gasteiger partial charge < -0.3 is 15.0 Å². The lowest BCUT2D eigenvalue weighted by Crippen LogP contribution is -2.35. The third-order valence-corrected chi connectivity index (χ3v) is 3.21. The largest absolute Gasteiger partial charge is 0.451 e. The lowest BCUT2D eigenvalue weighted by atomic mass is 10.2. The van der Waals surface area contributed by atoms with E-state index >= 15 is 0 Å². The van der Waals surface area contributed by atoms with Gasteiger partial charge in [0.1, 0.15) is 5.69 Å². The van der Waals surface area contributed by atoms with Crippen molar-refractivity contribution in [2.75, 3.05) is 6.61 Å². The summed E-state index contributed by atoms with van der Waals surface area (Å²) < 4.78 is 5.02. The molecule has 1 atom stereocenters. The van der Waals surface area contributed by atoms with E-state index < -0.39 is 5.97 Å². The molecule has 0 aliphatic carbocycles. The Morgan fingerprint density at radius 1 is 1.33 bits per heavy atom. The Morgan fingerprint density at radius 3 is 2.81 bits per heavy atom. The number of aromatic amines is 1. The van der Waals surface area contributed by atoms with Crippen LogP contribution in [0.4, 0.5) is 0 Å². The molecule has 2 N–H and O–H groups in total. The van der Waals surface area contributed by atoms with E-state index in [1.54, 1.807) is 6.07 Å². The summed E-state index contributed by atoms with van der Waals surface area (Å²) in [6.07, 6.45) is 1.90. The lowest BCUT2D eigenvalue weighted by Gasteiger charge is -2.12. The van der Waals surface area contributed by atoms with E-state index in [9.17, 15) is 9.59 Å². The van der Waals surface area contributed by atoms with Crippen LogP contribution in [0.1, 0.15) is 37.2 Å². The zero-order chi connectivity index (χ0) is 15.2. The number of carbonyl (C=O) groups is 2. The van der Waals surface area contributed by atoms with Crippen molar-refractivity contribution in [3.8, 4) is 0 Å². The highest BCUT2D eigenvalue weighted by Crippen LogP contribution is 2.15. The molecule has 0 saturated heterocycles. The van der Waals surface area contributed by atoms with Gasteiger partial charge in [0.2, 0.25) is 0 Å². The van der Waals surface area contributed by atoms with E-state index in [4.69, 9.17) is 4.74 Å². The van der Waals surface area contributed by atoms with Crippen molar-refractivity contribution < 1.29 is 14.3 Å². The third kappa shape index (κ3) is 4.08. The number of amides is 1. The molecule has 1 amide bonds. The van der Waals surface area contributed by atoms with Gasteiger partial charge in [-0.1, -0.05) is 31.5 Å². The zero-order valence-electron chi connectivity index (χ0n) is 12.3. The lowest BCUT2D eigenvalue weighted by molar-refractivity contribution is -0.124. The van der Waals surface area contributed by atoms with Crippen molar-refractivity contribution in [1.82, 2.24) is 10.3 Å². The van der Waals surface area contributed by atoms with E-state index in [0.29, 0.717) is 5.69 Å². The normalized spacial score (nSPS) is 12.1. The number of aromatic nitrogens is 1. The van der Waals surface area contributed by atoms with Gasteiger partial charge in [-0.3, -0.25) is 4.79 Å². The Bertz CT molecular complexity index is 600. The van der Waals surface area contributed by atoms with Crippen molar-refractivity contribution in [2.24, 2.45) is 0 Å². The number of hydrogen-bond donors (Lipinski definition) is 2. The Morgan fingerprint density at radius 2 is 2.10 bits per heavy atom. The number of rotatable bonds is 6. The van der Waals surface area contributed by atoms with Gasteiger partial charge in [0.15, 0.2) is 6.61 Å². The first-order valence-electron chi connectivity index (χ1n) is 7.14. The summed E-state index contributed by atoms with van der Waals surface area (Å²) in [5.41, 5.74) is 1.22. The number of carbonyl (C=O) groups excluding carboxylic acids is 2. The van der Waals surface area contributed by atoms with Crippen molar-refractivity contribution in [3.63, 3.8) is 0 Å². The molecule has 2 aromatic rings. The Kier molecular flexibility index (Phi) is 4.98. The Balaban J connectivity index is 1.88. The van der Waals surface area contributed by atoms with E-state index in [1.807, 2.05) is 31.2 Å². The first-order valence-corrected chi connectivity index (χ1v) is 7.14. The number of para-hydroxylation sites is 1. The van der Waals surface area contributed by atoms with E-state index in [-0.39, 0.29) is 18.6 Å². The molecule has 0 aliphatic heterocycles. The minimum absolute atomic E-state index is 0.0919. The van der Waals surface area contributed by atoms with Crippen molar-refractivity contribution in [2.45, 2.75) is 32.7 Å². The van der Waals surface area contributed by atoms with Crippen LogP contribution in [0.5, 0.6) is 0 Å². The maximum Gasteiger partial charge on any atom is 0.355 e. The number of fused-ring (bicyclic) bond motifs is 1. The molecule has 0 radical (unpaired) electrons. The third-order valence-electron chi connectivity index (χ3n) is 3.21. The maximum absolute atomic E-state index is 11.9. The molecule has 0 spiro atoms. The number of hydrogen-bond acceptors (Lipinski definition) is 3. The van der Waals surface area contributed by atoms with Crippen LogP contribution in [0.15, 0.2) is 30.3 Å². The monoisotopic (exact) mass is 288 g/mol. The van der Waals surface area contributed by atoms with E-state index in [2.05, 4.69) is 17.2 Å². The highest BCUT2D eigenvalue weighted by Gasteiger charge is 2.13. The van der Waals surface area contributed by atoms with Crippen LogP contribution < -0.4 is 5.32 Å². The first kappa shape index (κ1) is 15.1. The van der Waals surface area contributed by atoms with Crippen LogP contribution >= 0.6 is 0 Å². The highest BCUT2D eigenvalue weighted by molar-refractivity contribution is 5.95. The van der Waals surface area contributed by atoms with Gasteiger partial charge in [0.05, 0.1) is 0 Å². The number of ether oxygens (including phenoxy) is 1. The fourth-order valence-corrected chi connectivity index (χ4v) is 2.21. The predicted molar refractivity (Wildman–Crippen MR) is 81.1 cm³/mol. The minimum atomic E-state index is -0.524. The average molecular weight is 288 g/mol. The first-order chi connectivity index (χ1) is 10.1. The van der Waals surface area contributed by atoms with E-state index in [0.717, 1.165) is 23.7 Å². The van der Waals surface area contributed by atoms with Crippen LogP contribution in [0.3, 0.4) is 0 Å². The predicted octanol–water partition coefficient (Wildman–Crippen LogP) is 2.63. The Labute approximate surface area is 123 Å². The minimum Gasteiger partial charge on any atom is -0.451 e. The van der Waals surface area contributed by atoms with Gasteiger partial charge in [-0.2, -0.15) is 0 Å². The standard InChI is InChI=1S/C16H20N2O3/c1-3-6-11(2)17-15(19)10-21-16(20)14-9-12-7-4-5-8-13(12)18-14/h4-5,7-9,11,18H,3,6,10H2,1-2H3,(H,17,19). The molecule has 0 fully saturated rings. The summed E-state index contributed by atoms with van der Waals surface area (Å²) >= 11 is 0. The van der Waals surface area contributed by atoms with Crippen LogP contribution in [0.2, 0.25) is 0 Å². The second kappa shape index (κ2) is 6.92. The van der Waals surface area contributed by atoms with Gasteiger partial charge in [-0.25, -0.2) is 4.79 Å². The topological polar surface area (TPSA) is 71.2 Å². The Hall–Kier alpha value is -2.30. The summed E-state index contributed by atoms with van der Waals surface area (Å²) in [4.78, 5) is 26.5. The van der Waals surface area contributed by atoms with Gasteiger partial charge >= 0.3 is 5.97 Å². The molecule has 1 unspecified atom stereocenters. The maximum atomic E-state index is 11.9. The molecule has 5 nitrogen and oxygen atoms in total. The molecular formula is C16H20N2O3. The van der Waals surface area contributed by atoms with Gasteiger partial charge in [0.25, 0.3) is 5.91 Å². The fourth-order valence-electron chi connectivity index (χ4n) is 2.21. The van der Waals surface area contributed by atoms with Gasteiger partial charge in [-0.15, -0.1) is 0 Å². The number of benzene rings is 1. The van der Waals surface area contributed by atoms with Crippen LogP contribution in [-0.4, -0.2) is 29.5 Å². The van der Waals surface area contributed by atoms with Crippen LogP contribution in [0, 0.1) is 0 Å². The second-order valence-corrected chi connectivity index (χ2v) is 5.10. The van der Waals surface area contributed by atoms with Crippen LogP contribution in [-0.2, 0) is 9.53 Å². The highest BCUT2D eigenvalue weighted by atomic mass is 16.5. The average Bonchev–Trinajstić information content (AvgIpc) is 2.89. The summed E-state index contributed by atoms with van der Waals surface area (Å²) in [5, 5.41) is 3.72. The summed E-state index contributed by atoms with van der Waals surface area (Å²) in [7, 11) is 0. The molecule has 2 rings (SSSR count). The quantitative estimate of drug-likeness (QED) is 0.803. The molecule has 21 heavy (non-hydrogen) atoms. The van der Waals surface area contributed by atoms with Crippen molar-refractivity contribution in [1.29, 1.82) is 0 Å². The SMILES string of the molecule is CCCC(C)NC(=O)COC(=O)c1cc2ccccc2[nH]1. The molecule has 0 aliphatic rings. The second-order valence-electron chi connectivity index (χ2n) is 5.10. The molecule has 112 valence electrons. The number of esters is 1. The number of H-pyrrole nitrogens is 1. The van der Waals surface area contributed by atoms with Gasteiger partial charge in [-0.05, 0) is 25.5 Å². The van der Waals surface area contributed by atoms with Crippen molar-refractivity contribution >= 4 is 22.8 Å². The fraction of sp³-hybridized carbons (Fsp3) is 0.375. The molecule has 0 saturated carbocycles. The van der Waals surface area contributed by atoms with E-state index in [1.165, 1.54) is 0 Å². The molecular weight excluding hydrogens is 268 g/mol. The molecule has 1 heterocycles. The zero-order valence-corrected chi connectivity index (χ0v) is 12.3. The molecule has 1 aromatic carbocycles. The number of nitrogens with one attached hydrogen (secondary N) is 2.